The molecular formula is C10H18N2O2S. The maximum atomic E-state index is 11.8. The topological polar surface area (TPSA) is 55.6 Å². The van der Waals surface area contributed by atoms with Gasteiger partial charge in [-0.25, -0.2) is 0 Å². The fraction of sp³-hybridized carbons (Fsp3) is 0.800. The molecule has 1 fully saturated rings. The second-order valence-corrected chi connectivity index (χ2v) is 4.36. The van der Waals surface area contributed by atoms with Crippen molar-refractivity contribution in [2.24, 2.45) is 5.73 Å². The summed E-state index contributed by atoms with van der Waals surface area (Å²) in [5.74, 6) is 0.0472. The van der Waals surface area contributed by atoms with E-state index in [2.05, 4.69) is 0 Å². The molecule has 15 heavy (non-hydrogen) atoms. The van der Waals surface area contributed by atoms with Gasteiger partial charge in [0.05, 0.1) is 4.99 Å². The minimum Gasteiger partial charge on any atom is -0.393 e. The minimum atomic E-state index is -0.255. The van der Waals surface area contributed by atoms with Gasteiger partial charge < -0.3 is 15.4 Å². The SMILES string of the molecule is CN(CCC(N)=S)C(=O)C1CCCCO1. The zero-order chi connectivity index (χ0) is 11.3. The van der Waals surface area contributed by atoms with Gasteiger partial charge in [0.15, 0.2) is 0 Å². The molecule has 0 aromatic rings. The Hall–Kier alpha value is -0.680. The van der Waals surface area contributed by atoms with Gasteiger partial charge in [0.25, 0.3) is 5.91 Å². The summed E-state index contributed by atoms with van der Waals surface area (Å²) in [5, 5.41) is 0. The first kappa shape index (κ1) is 12.4. The van der Waals surface area contributed by atoms with Crippen LogP contribution in [0.4, 0.5) is 0 Å². The van der Waals surface area contributed by atoms with Crippen molar-refractivity contribution >= 4 is 23.1 Å². The van der Waals surface area contributed by atoms with Crippen LogP contribution in [0.3, 0.4) is 0 Å². The van der Waals surface area contributed by atoms with Crippen molar-refractivity contribution in [3.05, 3.63) is 0 Å². The number of amides is 1. The maximum Gasteiger partial charge on any atom is 0.251 e. The van der Waals surface area contributed by atoms with Crippen LogP contribution < -0.4 is 5.73 Å². The largest absolute Gasteiger partial charge is 0.393 e. The highest BCUT2D eigenvalue weighted by Gasteiger charge is 2.24. The normalized spacial score (nSPS) is 21.0. The third-order valence-electron chi connectivity index (χ3n) is 2.52. The van der Waals surface area contributed by atoms with Gasteiger partial charge in [0, 0.05) is 26.6 Å². The first-order chi connectivity index (χ1) is 7.11. The second-order valence-electron chi connectivity index (χ2n) is 3.83. The van der Waals surface area contributed by atoms with E-state index in [1.807, 2.05) is 0 Å². The standard InChI is InChI=1S/C10H18N2O2S/c1-12(6-5-9(11)15)10(13)8-4-2-3-7-14-8/h8H,2-7H2,1H3,(H2,11,15). The lowest BCUT2D eigenvalue weighted by Crippen LogP contribution is -2.40. The summed E-state index contributed by atoms with van der Waals surface area (Å²) in [6.07, 6.45) is 3.27. The molecule has 1 heterocycles. The van der Waals surface area contributed by atoms with Crippen LogP contribution in [0.1, 0.15) is 25.7 Å². The van der Waals surface area contributed by atoms with Crippen molar-refractivity contribution < 1.29 is 9.53 Å². The van der Waals surface area contributed by atoms with Crippen LogP contribution in [0.15, 0.2) is 0 Å². The zero-order valence-electron chi connectivity index (χ0n) is 9.07. The molecule has 1 unspecified atom stereocenters. The molecule has 4 nitrogen and oxygen atoms in total. The van der Waals surface area contributed by atoms with E-state index in [0.29, 0.717) is 24.6 Å². The van der Waals surface area contributed by atoms with Gasteiger partial charge in [0.2, 0.25) is 0 Å². The number of nitrogens with zero attached hydrogens (tertiary/aromatic N) is 1. The molecule has 1 atom stereocenters. The Kier molecular flexibility index (Phi) is 4.98. The van der Waals surface area contributed by atoms with Gasteiger partial charge in [-0.3, -0.25) is 4.79 Å². The van der Waals surface area contributed by atoms with Crippen molar-refractivity contribution in [2.75, 3.05) is 20.2 Å². The molecule has 0 saturated carbocycles. The molecule has 1 rings (SSSR count). The summed E-state index contributed by atoms with van der Waals surface area (Å²) >= 11 is 4.77. The van der Waals surface area contributed by atoms with Crippen LogP contribution in [0.5, 0.6) is 0 Å². The van der Waals surface area contributed by atoms with Crippen LogP contribution in [-0.4, -0.2) is 42.1 Å². The van der Waals surface area contributed by atoms with Gasteiger partial charge in [-0.05, 0) is 19.3 Å². The summed E-state index contributed by atoms with van der Waals surface area (Å²) < 4.78 is 5.41. The number of nitrogens with two attached hydrogens (primary N) is 1. The number of carbonyl (C=O) groups excluding carboxylic acids is 1. The van der Waals surface area contributed by atoms with Crippen molar-refractivity contribution in [1.29, 1.82) is 0 Å². The summed E-state index contributed by atoms with van der Waals surface area (Å²) in [7, 11) is 1.76. The van der Waals surface area contributed by atoms with Crippen LogP contribution in [0.25, 0.3) is 0 Å². The third kappa shape index (κ3) is 4.13. The molecule has 0 aromatic carbocycles. The quantitative estimate of drug-likeness (QED) is 0.722. The summed E-state index contributed by atoms with van der Waals surface area (Å²) in [6, 6.07) is 0. The first-order valence-corrected chi connectivity index (χ1v) is 5.67. The zero-order valence-corrected chi connectivity index (χ0v) is 9.89. The fourth-order valence-corrected chi connectivity index (χ4v) is 1.66. The average Bonchev–Trinajstić information content (AvgIpc) is 2.26. The van der Waals surface area contributed by atoms with Gasteiger partial charge in [-0.2, -0.15) is 0 Å². The van der Waals surface area contributed by atoms with Crippen LogP contribution in [-0.2, 0) is 9.53 Å². The molecule has 86 valence electrons. The molecule has 0 spiro atoms. The summed E-state index contributed by atoms with van der Waals surface area (Å²) in [6.45, 7) is 1.27. The Morgan fingerprint density at radius 2 is 2.33 bits per heavy atom. The van der Waals surface area contributed by atoms with Crippen molar-refractivity contribution in [3.8, 4) is 0 Å². The predicted octanol–water partition coefficient (Wildman–Crippen LogP) is 0.690. The molecule has 2 N–H and O–H groups in total. The number of likely N-dealkylation sites (N-methyl/N-ethyl adjacent to an activating group) is 1. The molecule has 1 aliphatic heterocycles. The summed E-state index contributed by atoms with van der Waals surface area (Å²) in [5.41, 5.74) is 5.38. The predicted molar refractivity (Wildman–Crippen MR) is 62.6 cm³/mol. The highest BCUT2D eigenvalue weighted by atomic mass is 32.1. The van der Waals surface area contributed by atoms with Gasteiger partial charge in [-0.1, -0.05) is 12.2 Å². The lowest BCUT2D eigenvalue weighted by atomic mass is 10.1. The van der Waals surface area contributed by atoms with Gasteiger partial charge in [0.1, 0.15) is 6.10 Å². The van der Waals surface area contributed by atoms with Crippen LogP contribution in [0.2, 0.25) is 0 Å². The molecule has 1 aliphatic rings. The van der Waals surface area contributed by atoms with E-state index in [4.69, 9.17) is 22.7 Å². The van der Waals surface area contributed by atoms with Crippen molar-refractivity contribution in [1.82, 2.24) is 4.90 Å². The second kappa shape index (κ2) is 6.02. The van der Waals surface area contributed by atoms with E-state index in [0.717, 1.165) is 19.3 Å². The highest BCUT2D eigenvalue weighted by molar-refractivity contribution is 7.80. The van der Waals surface area contributed by atoms with Crippen LogP contribution in [0, 0.1) is 0 Å². The van der Waals surface area contributed by atoms with Gasteiger partial charge in [-0.15, -0.1) is 0 Å². The molecular weight excluding hydrogens is 212 g/mol. The molecule has 5 heteroatoms. The smallest absolute Gasteiger partial charge is 0.251 e. The monoisotopic (exact) mass is 230 g/mol. The third-order valence-corrected chi connectivity index (χ3v) is 2.73. The number of ether oxygens (including phenoxy) is 1. The van der Waals surface area contributed by atoms with E-state index < -0.39 is 0 Å². The van der Waals surface area contributed by atoms with E-state index in [1.54, 1.807) is 11.9 Å². The number of hydrogen-bond donors (Lipinski definition) is 1. The Morgan fingerprint density at radius 1 is 1.60 bits per heavy atom. The Balaban J connectivity index is 2.33. The lowest BCUT2D eigenvalue weighted by molar-refractivity contribution is -0.145. The highest BCUT2D eigenvalue weighted by Crippen LogP contribution is 2.14. The summed E-state index contributed by atoms with van der Waals surface area (Å²) in [4.78, 5) is 13.9. The molecule has 1 saturated heterocycles. The van der Waals surface area contributed by atoms with Crippen molar-refractivity contribution in [3.63, 3.8) is 0 Å². The van der Waals surface area contributed by atoms with E-state index >= 15 is 0 Å². The molecule has 1 amide bonds. The molecule has 0 aromatic heterocycles. The average molecular weight is 230 g/mol. The maximum absolute atomic E-state index is 11.8. The lowest BCUT2D eigenvalue weighted by Gasteiger charge is -2.26. The van der Waals surface area contributed by atoms with E-state index in [9.17, 15) is 4.79 Å². The first-order valence-electron chi connectivity index (χ1n) is 5.26. The molecule has 0 radical (unpaired) electrons. The van der Waals surface area contributed by atoms with Crippen molar-refractivity contribution in [2.45, 2.75) is 31.8 Å². The Bertz CT molecular complexity index is 240. The number of rotatable bonds is 4. The van der Waals surface area contributed by atoms with Gasteiger partial charge >= 0.3 is 0 Å². The number of carbonyl (C=O) groups is 1. The number of hydrogen-bond acceptors (Lipinski definition) is 3. The number of thiocarbonyl (C=S) groups is 1. The minimum absolute atomic E-state index is 0.0472. The van der Waals surface area contributed by atoms with Crippen LogP contribution >= 0.6 is 12.2 Å². The Labute approximate surface area is 95.8 Å². The Morgan fingerprint density at radius 3 is 2.87 bits per heavy atom. The fourth-order valence-electron chi connectivity index (χ4n) is 1.57. The molecule has 0 aliphatic carbocycles. The molecule has 0 bridgehead atoms. The van der Waals surface area contributed by atoms with E-state index in [1.165, 1.54) is 0 Å². The van der Waals surface area contributed by atoms with E-state index in [-0.39, 0.29) is 12.0 Å².